The summed E-state index contributed by atoms with van der Waals surface area (Å²) in [5, 5.41) is 11.8. The smallest absolute Gasteiger partial charge is 0.322 e. The van der Waals surface area contributed by atoms with Crippen LogP contribution < -0.4 is 5.32 Å². The summed E-state index contributed by atoms with van der Waals surface area (Å²) >= 11 is 0. The molecule has 0 radical (unpaired) electrons. The molecule has 0 aliphatic rings. The molecule has 1 atom stereocenters. The molecular weight excluding hydrogens is 254 g/mol. The Balaban J connectivity index is 2.78. The predicted molar refractivity (Wildman–Crippen MR) is 68.9 cm³/mol. The number of urea groups is 1. The lowest BCUT2D eigenvalue weighted by atomic mass is 10.2. The SMILES string of the molecule is CC(O)CN(C(=O)Nc1ccc(F)c(F)c1)C(C)C. The molecule has 0 fully saturated rings. The van der Waals surface area contributed by atoms with E-state index >= 15 is 0 Å². The van der Waals surface area contributed by atoms with Crippen LogP contribution in [0, 0.1) is 11.6 Å². The van der Waals surface area contributed by atoms with Crippen LogP contribution in [-0.4, -0.2) is 34.7 Å². The van der Waals surface area contributed by atoms with Crippen LogP contribution in [0.2, 0.25) is 0 Å². The maximum atomic E-state index is 13.0. The molecule has 19 heavy (non-hydrogen) atoms. The van der Waals surface area contributed by atoms with Gasteiger partial charge in [0.15, 0.2) is 11.6 Å². The van der Waals surface area contributed by atoms with Gasteiger partial charge < -0.3 is 15.3 Å². The minimum atomic E-state index is -1.02. The number of carbonyl (C=O) groups excluding carboxylic acids is 1. The lowest BCUT2D eigenvalue weighted by molar-refractivity contribution is 0.125. The summed E-state index contributed by atoms with van der Waals surface area (Å²) in [6.45, 7) is 5.33. The van der Waals surface area contributed by atoms with Gasteiger partial charge in [0, 0.05) is 24.3 Å². The topological polar surface area (TPSA) is 52.6 Å². The molecule has 1 rings (SSSR count). The zero-order valence-electron chi connectivity index (χ0n) is 11.2. The largest absolute Gasteiger partial charge is 0.392 e. The fraction of sp³-hybridized carbons (Fsp3) is 0.462. The Morgan fingerprint density at radius 1 is 1.32 bits per heavy atom. The maximum absolute atomic E-state index is 13.0. The van der Waals surface area contributed by atoms with E-state index in [9.17, 15) is 18.7 Å². The van der Waals surface area contributed by atoms with Gasteiger partial charge in [-0.25, -0.2) is 13.6 Å². The third kappa shape index (κ3) is 4.48. The highest BCUT2D eigenvalue weighted by molar-refractivity contribution is 5.89. The standard InChI is InChI=1S/C13H18F2N2O2/c1-8(2)17(7-9(3)18)13(19)16-10-4-5-11(14)12(15)6-10/h4-6,8-9,18H,7H2,1-3H3,(H,16,19). The number of nitrogens with zero attached hydrogens (tertiary/aromatic N) is 1. The maximum Gasteiger partial charge on any atom is 0.322 e. The van der Waals surface area contributed by atoms with E-state index in [2.05, 4.69) is 5.32 Å². The second kappa shape index (κ2) is 6.47. The van der Waals surface area contributed by atoms with Gasteiger partial charge in [-0.1, -0.05) is 0 Å². The molecule has 1 unspecified atom stereocenters. The summed E-state index contributed by atoms with van der Waals surface area (Å²) < 4.78 is 25.8. The van der Waals surface area contributed by atoms with Gasteiger partial charge in [-0.2, -0.15) is 0 Å². The highest BCUT2D eigenvalue weighted by Gasteiger charge is 2.19. The molecule has 1 aromatic rings. The van der Waals surface area contributed by atoms with Crippen molar-refractivity contribution in [3.8, 4) is 0 Å². The number of amides is 2. The van der Waals surface area contributed by atoms with Gasteiger partial charge in [-0.05, 0) is 32.9 Å². The molecule has 0 aliphatic carbocycles. The van der Waals surface area contributed by atoms with Crippen LogP contribution in [0.4, 0.5) is 19.3 Å². The third-order valence-corrected chi connectivity index (χ3v) is 2.52. The molecule has 2 N–H and O–H groups in total. The number of rotatable bonds is 4. The van der Waals surface area contributed by atoms with Crippen LogP contribution >= 0.6 is 0 Å². The van der Waals surface area contributed by atoms with Crippen molar-refractivity contribution in [3.63, 3.8) is 0 Å². The molecule has 0 bridgehead atoms. The molecule has 0 spiro atoms. The van der Waals surface area contributed by atoms with Gasteiger partial charge in [-0.3, -0.25) is 0 Å². The van der Waals surface area contributed by atoms with Gasteiger partial charge in [0.05, 0.1) is 6.10 Å². The predicted octanol–water partition coefficient (Wildman–Crippen LogP) is 2.59. The number of hydrogen-bond donors (Lipinski definition) is 2. The van der Waals surface area contributed by atoms with E-state index < -0.39 is 23.8 Å². The van der Waals surface area contributed by atoms with Crippen LogP contribution in [0.25, 0.3) is 0 Å². The summed E-state index contributed by atoms with van der Waals surface area (Å²) in [7, 11) is 0. The molecular formula is C13H18F2N2O2. The quantitative estimate of drug-likeness (QED) is 0.885. The Morgan fingerprint density at radius 2 is 1.95 bits per heavy atom. The van der Waals surface area contributed by atoms with Crippen molar-refractivity contribution >= 4 is 11.7 Å². The van der Waals surface area contributed by atoms with Crippen molar-refractivity contribution in [2.75, 3.05) is 11.9 Å². The fourth-order valence-corrected chi connectivity index (χ4v) is 1.58. The number of halogens is 2. The van der Waals surface area contributed by atoms with Crippen molar-refractivity contribution in [2.24, 2.45) is 0 Å². The molecule has 0 heterocycles. The van der Waals surface area contributed by atoms with Crippen molar-refractivity contribution < 1.29 is 18.7 Å². The highest BCUT2D eigenvalue weighted by Crippen LogP contribution is 2.14. The molecule has 0 saturated carbocycles. The van der Waals surface area contributed by atoms with Crippen LogP contribution in [-0.2, 0) is 0 Å². The Hall–Kier alpha value is -1.69. The number of aliphatic hydroxyl groups is 1. The van der Waals surface area contributed by atoms with Crippen LogP contribution in [0.3, 0.4) is 0 Å². The van der Waals surface area contributed by atoms with Crippen molar-refractivity contribution in [1.29, 1.82) is 0 Å². The second-order valence-electron chi connectivity index (χ2n) is 4.65. The van der Waals surface area contributed by atoms with Crippen molar-refractivity contribution in [2.45, 2.75) is 32.9 Å². The molecule has 0 aliphatic heterocycles. The van der Waals surface area contributed by atoms with Crippen LogP contribution in [0.15, 0.2) is 18.2 Å². The first-order valence-electron chi connectivity index (χ1n) is 6.02. The summed E-state index contributed by atoms with van der Waals surface area (Å²) in [5.41, 5.74) is 0.167. The van der Waals surface area contributed by atoms with E-state index in [0.29, 0.717) is 0 Å². The highest BCUT2D eigenvalue weighted by atomic mass is 19.2. The summed E-state index contributed by atoms with van der Waals surface area (Å²) in [6.07, 6.45) is -0.668. The molecule has 106 valence electrons. The molecule has 1 aromatic carbocycles. The first kappa shape index (κ1) is 15.4. The third-order valence-electron chi connectivity index (χ3n) is 2.52. The van der Waals surface area contributed by atoms with E-state index in [-0.39, 0.29) is 18.3 Å². The lowest BCUT2D eigenvalue weighted by Crippen LogP contribution is -2.43. The number of nitrogens with one attached hydrogen (secondary N) is 1. The first-order chi connectivity index (χ1) is 8.81. The van der Waals surface area contributed by atoms with E-state index in [0.717, 1.165) is 12.1 Å². The molecule has 0 aromatic heterocycles. The number of aliphatic hydroxyl groups excluding tert-OH is 1. The van der Waals surface area contributed by atoms with Crippen LogP contribution in [0.1, 0.15) is 20.8 Å². The van der Waals surface area contributed by atoms with Crippen LogP contribution in [0.5, 0.6) is 0 Å². The molecule has 4 nitrogen and oxygen atoms in total. The van der Waals surface area contributed by atoms with Gasteiger partial charge in [0.2, 0.25) is 0 Å². The van der Waals surface area contributed by atoms with E-state index in [1.54, 1.807) is 20.8 Å². The van der Waals surface area contributed by atoms with E-state index in [4.69, 9.17) is 0 Å². The number of carbonyl (C=O) groups is 1. The average Bonchev–Trinajstić information content (AvgIpc) is 2.30. The van der Waals surface area contributed by atoms with Gasteiger partial charge >= 0.3 is 6.03 Å². The summed E-state index contributed by atoms with van der Waals surface area (Å²) in [6, 6.07) is 2.53. The normalized spacial score (nSPS) is 12.4. The Morgan fingerprint density at radius 3 is 2.42 bits per heavy atom. The Bertz CT molecular complexity index is 450. The molecule has 6 heteroatoms. The van der Waals surface area contributed by atoms with Crippen molar-refractivity contribution in [3.05, 3.63) is 29.8 Å². The van der Waals surface area contributed by atoms with Gasteiger partial charge in [0.25, 0.3) is 0 Å². The van der Waals surface area contributed by atoms with Gasteiger partial charge in [-0.15, -0.1) is 0 Å². The zero-order valence-corrected chi connectivity index (χ0v) is 11.2. The number of benzene rings is 1. The molecule has 2 amide bonds. The average molecular weight is 272 g/mol. The Kier molecular flexibility index (Phi) is 5.23. The molecule has 0 saturated heterocycles. The first-order valence-corrected chi connectivity index (χ1v) is 6.02. The minimum absolute atomic E-state index is 0.125. The monoisotopic (exact) mass is 272 g/mol. The summed E-state index contributed by atoms with van der Waals surface area (Å²) in [4.78, 5) is 13.4. The lowest BCUT2D eigenvalue weighted by Gasteiger charge is -2.28. The zero-order chi connectivity index (χ0) is 14.6. The van der Waals surface area contributed by atoms with Gasteiger partial charge in [0.1, 0.15) is 0 Å². The second-order valence-corrected chi connectivity index (χ2v) is 4.65. The summed E-state index contributed by atoms with van der Waals surface area (Å²) in [5.74, 6) is -1.99. The van der Waals surface area contributed by atoms with Crippen molar-refractivity contribution in [1.82, 2.24) is 4.90 Å². The number of anilines is 1. The fourth-order valence-electron chi connectivity index (χ4n) is 1.58. The Labute approximate surface area is 111 Å². The number of hydrogen-bond acceptors (Lipinski definition) is 2. The van der Waals surface area contributed by atoms with E-state index in [1.165, 1.54) is 11.0 Å². The minimum Gasteiger partial charge on any atom is -0.392 e. The van der Waals surface area contributed by atoms with E-state index in [1.807, 2.05) is 0 Å².